The molecule has 1 amide bonds. The van der Waals surface area contributed by atoms with E-state index in [9.17, 15) is 18.0 Å². The third-order valence-corrected chi connectivity index (χ3v) is 3.23. The van der Waals surface area contributed by atoms with E-state index in [1.54, 1.807) is 0 Å². The van der Waals surface area contributed by atoms with Gasteiger partial charge in [0.15, 0.2) is 0 Å². The highest BCUT2D eigenvalue weighted by Crippen LogP contribution is 2.49. The van der Waals surface area contributed by atoms with Crippen LogP contribution in [0, 0.1) is 0 Å². The number of nitrogens with two attached hydrogens (primary N) is 1. The minimum atomic E-state index is -4.46. The average molecular weight is 279 g/mol. The summed E-state index contributed by atoms with van der Waals surface area (Å²) in [5.41, 5.74) is 3.37. The second-order valence-electron chi connectivity index (χ2n) is 4.24. The number of carbonyl (C=O) groups is 1. The molecule has 1 saturated carbocycles. The summed E-state index contributed by atoms with van der Waals surface area (Å²) in [4.78, 5) is 11.8. The number of rotatable bonds is 2. The van der Waals surface area contributed by atoms with E-state index >= 15 is 0 Å². The number of anilines is 1. The van der Waals surface area contributed by atoms with Crippen molar-refractivity contribution in [3.05, 3.63) is 28.8 Å². The van der Waals surface area contributed by atoms with Gasteiger partial charge in [-0.05, 0) is 25.0 Å². The Morgan fingerprint density at radius 2 is 2.00 bits per heavy atom. The molecule has 1 aromatic carbocycles. The Hall–Kier alpha value is -1.43. The monoisotopic (exact) mass is 278 g/mol. The average Bonchev–Trinajstić information content (AvgIpc) is 2.97. The minimum Gasteiger partial charge on any atom is -0.398 e. The molecule has 0 unspecified atom stereocenters. The number of halogens is 4. The lowest BCUT2D eigenvalue weighted by Gasteiger charge is -2.21. The van der Waals surface area contributed by atoms with E-state index in [0.29, 0.717) is 0 Å². The fourth-order valence-electron chi connectivity index (χ4n) is 1.66. The van der Waals surface area contributed by atoms with E-state index in [-0.39, 0.29) is 29.1 Å². The molecular formula is C11H10ClF3N2O. The Balaban J connectivity index is 2.24. The fraction of sp³-hybridized carbons (Fsp3) is 0.364. The van der Waals surface area contributed by atoms with E-state index in [4.69, 9.17) is 17.3 Å². The van der Waals surface area contributed by atoms with Crippen LogP contribution in [0.5, 0.6) is 0 Å². The molecule has 1 aliphatic carbocycles. The van der Waals surface area contributed by atoms with E-state index in [0.717, 1.165) is 0 Å². The molecule has 0 spiro atoms. The number of hydrogen-bond donors (Lipinski definition) is 2. The van der Waals surface area contributed by atoms with E-state index < -0.39 is 17.6 Å². The van der Waals surface area contributed by atoms with Crippen molar-refractivity contribution in [1.82, 2.24) is 5.32 Å². The maximum Gasteiger partial charge on any atom is 0.411 e. The molecule has 1 aromatic rings. The SMILES string of the molecule is Nc1cccc(Cl)c1C(=O)NC1(C(F)(F)F)CC1. The summed E-state index contributed by atoms with van der Waals surface area (Å²) in [6, 6.07) is 4.33. The number of carbonyl (C=O) groups excluding carboxylic acids is 1. The first kappa shape index (κ1) is 13.0. The first-order valence-electron chi connectivity index (χ1n) is 5.20. The zero-order valence-corrected chi connectivity index (χ0v) is 9.90. The molecule has 0 bridgehead atoms. The van der Waals surface area contributed by atoms with Gasteiger partial charge in [-0.25, -0.2) is 0 Å². The third-order valence-electron chi connectivity index (χ3n) is 2.92. The zero-order valence-electron chi connectivity index (χ0n) is 9.14. The molecule has 7 heteroatoms. The van der Waals surface area contributed by atoms with Crippen LogP contribution >= 0.6 is 11.6 Å². The number of benzene rings is 1. The molecule has 0 aromatic heterocycles. The summed E-state index contributed by atoms with van der Waals surface area (Å²) in [5, 5.41) is 2.01. The number of nitrogen functional groups attached to an aromatic ring is 1. The van der Waals surface area contributed by atoms with Crippen LogP contribution in [0.3, 0.4) is 0 Å². The molecule has 1 aliphatic rings. The number of alkyl halides is 3. The van der Waals surface area contributed by atoms with Crippen LogP contribution in [0.1, 0.15) is 23.2 Å². The summed E-state index contributed by atoms with van der Waals surface area (Å²) in [6.45, 7) is 0. The predicted molar refractivity (Wildman–Crippen MR) is 61.4 cm³/mol. The van der Waals surface area contributed by atoms with Gasteiger partial charge < -0.3 is 11.1 Å². The summed E-state index contributed by atoms with van der Waals surface area (Å²) < 4.78 is 38.1. The Kier molecular flexibility index (Phi) is 2.93. The fourth-order valence-corrected chi connectivity index (χ4v) is 1.93. The third kappa shape index (κ3) is 2.12. The van der Waals surface area contributed by atoms with Crippen LogP contribution in [0.4, 0.5) is 18.9 Å². The second kappa shape index (κ2) is 4.05. The van der Waals surface area contributed by atoms with Gasteiger partial charge in [0.25, 0.3) is 5.91 Å². The molecule has 3 N–H and O–H groups in total. The highest BCUT2D eigenvalue weighted by atomic mass is 35.5. The summed E-state index contributed by atoms with van der Waals surface area (Å²) >= 11 is 5.77. The Bertz CT molecular complexity index is 477. The van der Waals surface area contributed by atoms with Crippen LogP contribution in [0.25, 0.3) is 0 Å². The van der Waals surface area contributed by atoms with Crippen LogP contribution in [-0.4, -0.2) is 17.6 Å². The van der Waals surface area contributed by atoms with Gasteiger partial charge in [0.1, 0.15) is 5.54 Å². The van der Waals surface area contributed by atoms with Crippen molar-refractivity contribution in [2.45, 2.75) is 24.6 Å². The normalized spacial score (nSPS) is 17.3. The van der Waals surface area contributed by atoms with Crippen molar-refractivity contribution in [3.8, 4) is 0 Å². The molecule has 98 valence electrons. The summed E-state index contributed by atoms with van der Waals surface area (Å²) in [7, 11) is 0. The Morgan fingerprint density at radius 3 is 2.44 bits per heavy atom. The van der Waals surface area contributed by atoms with Gasteiger partial charge in [0, 0.05) is 5.69 Å². The molecule has 0 aliphatic heterocycles. The number of amides is 1. The smallest absolute Gasteiger partial charge is 0.398 e. The van der Waals surface area contributed by atoms with Crippen molar-refractivity contribution in [2.75, 3.05) is 5.73 Å². The lowest BCUT2D eigenvalue weighted by atomic mass is 10.1. The molecule has 0 radical (unpaired) electrons. The topological polar surface area (TPSA) is 55.1 Å². The molecule has 3 nitrogen and oxygen atoms in total. The van der Waals surface area contributed by atoms with Crippen molar-refractivity contribution < 1.29 is 18.0 Å². The van der Waals surface area contributed by atoms with Crippen LogP contribution in [0.2, 0.25) is 5.02 Å². The first-order valence-corrected chi connectivity index (χ1v) is 5.58. The summed E-state index contributed by atoms with van der Waals surface area (Å²) in [5.74, 6) is -0.895. The quantitative estimate of drug-likeness (QED) is 0.817. The van der Waals surface area contributed by atoms with E-state index in [2.05, 4.69) is 0 Å². The van der Waals surface area contributed by atoms with Gasteiger partial charge >= 0.3 is 6.18 Å². The standard InChI is InChI=1S/C11H10ClF3N2O/c12-6-2-1-3-7(16)8(6)9(18)17-10(4-5-10)11(13,14)15/h1-3H,4-5,16H2,(H,17,18). The lowest BCUT2D eigenvalue weighted by Crippen LogP contribution is -2.48. The van der Waals surface area contributed by atoms with Crippen LogP contribution in [0.15, 0.2) is 18.2 Å². The molecular weight excluding hydrogens is 269 g/mol. The zero-order chi connectivity index (χ0) is 13.6. The predicted octanol–water partition coefficient (Wildman–Crippen LogP) is 2.75. The largest absolute Gasteiger partial charge is 0.411 e. The second-order valence-corrected chi connectivity index (χ2v) is 4.65. The first-order chi connectivity index (χ1) is 8.27. The van der Waals surface area contributed by atoms with Crippen molar-refractivity contribution >= 4 is 23.2 Å². The minimum absolute atomic E-state index is 0.0328. The van der Waals surface area contributed by atoms with E-state index in [1.807, 2.05) is 5.32 Å². The van der Waals surface area contributed by atoms with Gasteiger partial charge in [0.2, 0.25) is 0 Å². The van der Waals surface area contributed by atoms with Crippen LogP contribution < -0.4 is 11.1 Å². The van der Waals surface area contributed by atoms with Gasteiger partial charge in [-0.3, -0.25) is 4.79 Å². The highest BCUT2D eigenvalue weighted by Gasteiger charge is 2.64. The lowest BCUT2D eigenvalue weighted by molar-refractivity contribution is -0.163. The summed E-state index contributed by atoms with van der Waals surface area (Å²) in [6.07, 6.45) is -4.70. The van der Waals surface area contributed by atoms with Gasteiger partial charge in [-0.1, -0.05) is 17.7 Å². The molecule has 0 heterocycles. The molecule has 2 rings (SSSR count). The number of hydrogen-bond acceptors (Lipinski definition) is 2. The maximum atomic E-state index is 12.7. The molecule has 1 fully saturated rings. The van der Waals surface area contributed by atoms with Crippen molar-refractivity contribution in [2.24, 2.45) is 0 Å². The Labute approximate surface area is 106 Å². The molecule has 0 atom stereocenters. The van der Waals surface area contributed by atoms with Gasteiger partial charge in [0.05, 0.1) is 10.6 Å². The number of nitrogens with one attached hydrogen (secondary N) is 1. The highest BCUT2D eigenvalue weighted by molar-refractivity contribution is 6.34. The molecule has 0 saturated heterocycles. The van der Waals surface area contributed by atoms with Crippen molar-refractivity contribution in [1.29, 1.82) is 0 Å². The van der Waals surface area contributed by atoms with Gasteiger partial charge in [-0.2, -0.15) is 13.2 Å². The molecule has 18 heavy (non-hydrogen) atoms. The van der Waals surface area contributed by atoms with Gasteiger partial charge in [-0.15, -0.1) is 0 Å². The van der Waals surface area contributed by atoms with E-state index in [1.165, 1.54) is 18.2 Å². The van der Waals surface area contributed by atoms with Crippen molar-refractivity contribution in [3.63, 3.8) is 0 Å². The Morgan fingerprint density at radius 1 is 1.39 bits per heavy atom. The maximum absolute atomic E-state index is 12.7. The van der Waals surface area contributed by atoms with Crippen LogP contribution in [-0.2, 0) is 0 Å².